The molecule has 3 heteroatoms. The lowest BCUT2D eigenvalue weighted by Crippen LogP contribution is -2.37. The number of methoxy groups -OCH3 is 2. The Morgan fingerprint density at radius 3 is 2.00 bits per heavy atom. The second-order valence-corrected chi connectivity index (χ2v) is 2.04. The molecule has 0 aliphatic heterocycles. The van der Waals surface area contributed by atoms with Crippen molar-refractivity contribution in [3.8, 4) is 12.3 Å². The van der Waals surface area contributed by atoms with Crippen LogP contribution in [0.4, 0.5) is 0 Å². The van der Waals surface area contributed by atoms with Gasteiger partial charge in [-0.05, 0) is 0 Å². The van der Waals surface area contributed by atoms with E-state index in [0.717, 1.165) is 0 Å². The van der Waals surface area contributed by atoms with Gasteiger partial charge in [0.05, 0.1) is 13.2 Å². The van der Waals surface area contributed by atoms with E-state index >= 15 is 0 Å². The molecule has 0 aliphatic carbocycles. The number of aliphatic hydroxyl groups is 1. The highest BCUT2D eigenvalue weighted by atomic mass is 16.5. The van der Waals surface area contributed by atoms with Crippen molar-refractivity contribution in [2.24, 2.45) is 0 Å². The highest BCUT2D eigenvalue weighted by Crippen LogP contribution is 2.02. The van der Waals surface area contributed by atoms with Gasteiger partial charge in [0.25, 0.3) is 0 Å². The van der Waals surface area contributed by atoms with Gasteiger partial charge >= 0.3 is 0 Å². The quantitative estimate of drug-likeness (QED) is 0.548. The topological polar surface area (TPSA) is 38.7 Å². The highest BCUT2D eigenvalue weighted by molar-refractivity contribution is 5.07. The van der Waals surface area contributed by atoms with E-state index < -0.39 is 5.60 Å². The van der Waals surface area contributed by atoms with Crippen molar-refractivity contribution in [3.05, 3.63) is 0 Å². The van der Waals surface area contributed by atoms with Gasteiger partial charge in [0, 0.05) is 14.2 Å². The lowest BCUT2D eigenvalue weighted by Gasteiger charge is -2.19. The lowest BCUT2D eigenvalue weighted by atomic mass is 10.1. The third-order valence-electron chi connectivity index (χ3n) is 1.03. The van der Waals surface area contributed by atoms with Crippen molar-refractivity contribution in [2.75, 3.05) is 27.4 Å². The summed E-state index contributed by atoms with van der Waals surface area (Å²) in [6.45, 7) is 0.189. The third-order valence-corrected chi connectivity index (χ3v) is 1.03. The Bertz CT molecular complexity index is 119. The average molecular weight is 144 g/mol. The number of hydrogen-bond donors (Lipinski definition) is 1. The van der Waals surface area contributed by atoms with Crippen molar-refractivity contribution in [2.45, 2.75) is 5.60 Å². The van der Waals surface area contributed by atoms with Crippen LogP contribution in [0.5, 0.6) is 0 Å². The van der Waals surface area contributed by atoms with Crippen molar-refractivity contribution >= 4 is 0 Å². The minimum Gasteiger partial charge on any atom is -0.381 e. The van der Waals surface area contributed by atoms with E-state index in [2.05, 4.69) is 15.4 Å². The summed E-state index contributed by atoms with van der Waals surface area (Å²) in [5.41, 5.74) is -1.27. The molecule has 0 aromatic rings. The van der Waals surface area contributed by atoms with Crippen LogP contribution >= 0.6 is 0 Å². The smallest absolute Gasteiger partial charge is 0.171 e. The molecule has 0 saturated carbocycles. The van der Waals surface area contributed by atoms with Crippen LogP contribution in [-0.2, 0) is 9.47 Å². The van der Waals surface area contributed by atoms with Crippen LogP contribution in [0.1, 0.15) is 0 Å². The zero-order chi connectivity index (χ0) is 8.04. The predicted molar refractivity (Wildman–Crippen MR) is 37.5 cm³/mol. The first-order valence-electron chi connectivity index (χ1n) is 2.86. The van der Waals surface area contributed by atoms with Crippen LogP contribution in [0.15, 0.2) is 0 Å². The fourth-order valence-electron chi connectivity index (χ4n) is 0.603. The second kappa shape index (κ2) is 4.29. The molecule has 0 unspecified atom stereocenters. The van der Waals surface area contributed by atoms with Gasteiger partial charge in [-0.25, -0.2) is 0 Å². The van der Waals surface area contributed by atoms with E-state index in [9.17, 15) is 5.11 Å². The normalized spacial score (nSPS) is 11.0. The fraction of sp³-hybridized carbons (Fsp3) is 0.714. The van der Waals surface area contributed by atoms with E-state index in [1.54, 1.807) is 0 Å². The molecule has 3 nitrogen and oxygen atoms in total. The van der Waals surface area contributed by atoms with Gasteiger partial charge < -0.3 is 14.6 Å². The van der Waals surface area contributed by atoms with Crippen LogP contribution in [0, 0.1) is 12.3 Å². The molecule has 0 amide bonds. The van der Waals surface area contributed by atoms with Crippen LogP contribution in [0.25, 0.3) is 0 Å². The van der Waals surface area contributed by atoms with E-state index in [1.165, 1.54) is 14.2 Å². The van der Waals surface area contributed by atoms with Gasteiger partial charge in [0.15, 0.2) is 5.60 Å². The van der Waals surface area contributed by atoms with Crippen LogP contribution in [0.2, 0.25) is 0 Å². The monoisotopic (exact) mass is 144 g/mol. The zero-order valence-corrected chi connectivity index (χ0v) is 6.26. The highest BCUT2D eigenvalue weighted by Gasteiger charge is 2.23. The maximum atomic E-state index is 9.33. The van der Waals surface area contributed by atoms with Gasteiger partial charge in [0.2, 0.25) is 0 Å². The lowest BCUT2D eigenvalue weighted by molar-refractivity contribution is -0.0372. The summed E-state index contributed by atoms with van der Waals surface area (Å²) in [5, 5.41) is 9.33. The van der Waals surface area contributed by atoms with Crippen LogP contribution in [-0.4, -0.2) is 38.1 Å². The van der Waals surface area contributed by atoms with E-state index in [4.69, 9.17) is 6.42 Å². The second-order valence-electron chi connectivity index (χ2n) is 2.04. The standard InChI is InChI=1S/C7H12O3/c1-4-7(8,5-9-2)6-10-3/h1,8H,5-6H2,2-3H3. The molecule has 0 aromatic heterocycles. The number of rotatable bonds is 4. The molecule has 0 saturated heterocycles. The van der Waals surface area contributed by atoms with E-state index in [0.29, 0.717) is 0 Å². The van der Waals surface area contributed by atoms with E-state index in [-0.39, 0.29) is 13.2 Å². The maximum absolute atomic E-state index is 9.33. The number of ether oxygens (including phenoxy) is 2. The maximum Gasteiger partial charge on any atom is 0.171 e. The van der Waals surface area contributed by atoms with Gasteiger partial charge in [-0.2, -0.15) is 0 Å². The summed E-state index contributed by atoms with van der Waals surface area (Å²) >= 11 is 0. The first-order valence-corrected chi connectivity index (χ1v) is 2.86. The predicted octanol–water partition coefficient (Wildman–Crippen LogP) is -0.357. The summed E-state index contributed by atoms with van der Waals surface area (Å²) in [6.07, 6.45) is 5.02. The summed E-state index contributed by atoms with van der Waals surface area (Å²) in [6, 6.07) is 0. The molecule has 10 heavy (non-hydrogen) atoms. The SMILES string of the molecule is C#CC(O)(COC)COC. The van der Waals surface area contributed by atoms with E-state index in [1.807, 2.05) is 0 Å². The minimum atomic E-state index is -1.27. The fourth-order valence-corrected chi connectivity index (χ4v) is 0.603. The molecule has 0 rings (SSSR count). The first kappa shape index (κ1) is 9.44. The largest absolute Gasteiger partial charge is 0.381 e. The van der Waals surface area contributed by atoms with Gasteiger partial charge in [-0.3, -0.25) is 0 Å². The molecule has 0 radical (unpaired) electrons. The Morgan fingerprint density at radius 1 is 1.40 bits per heavy atom. The molecule has 0 spiro atoms. The Labute approximate surface area is 60.9 Å². The first-order chi connectivity index (χ1) is 4.68. The molecular weight excluding hydrogens is 132 g/mol. The molecule has 0 atom stereocenters. The van der Waals surface area contributed by atoms with Crippen molar-refractivity contribution < 1.29 is 14.6 Å². The average Bonchev–Trinajstić information content (AvgIpc) is 1.89. The Morgan fingerprint density at radius 2 is 1.80 bits per heavy atom. The molecule has 0 bridgehead atoms. The summed E-state index contributed by atoms with van der Waals surface area (Å²) in [7, 11) is 2.94. The molecule has 0 heterocycles. The molecule has 0 aliphatic rings. The molecular formula is C7H12O3. The van der Waals surface area contributed by atoms with Crippen molar-refractivity contribution in [1.82, 2.24) is 0 Å². The Hall–Kier alpha value is -0.560. The van der Waals surface area contributed by atoms with Crippen molar-refractivity contribution in [1.29, 1.82) is 0 Å². The molecule has 1 N–H and O–H groups in total. The van der Waals surface area contributed by atoms with Gasteiger partial charge in [0.1, 0.15) is 0 Å². The number of hydrogen-bond acceptors (Lipinski definition) is 3. The summed E-state index contributed by atoms with van der Waals surface area (Å²) in [5.74, 6) is 2.19. The minimum absolute atomic E-state index is 0.0946. The summed E-state index contributed by atoms with van der Waals surface area (Å²) in [4.78, 5) is 0. The van der Waals surface area contributed by atoms with Crippen LogP contribution < -0.4 is 0 Å². The molecule has 0 aromatic carbocycles. The number of terminal acetylenes is 1. The molecule has 58 valence electrons. The Balaban J connectivity index is 3.85. The summed E-state index contributed by atoms with van der Waals surface area (Å²) < 4.78 is 9.36. The van der Waals surface area contributed by atoms with Gasteiger partial charge in [-0.15, -0.1) is 6.42 Å². The van der Waals surface area contributed by atoms with Crippen LogP contribution in [0.3, 0.4) is 0 Å². The zero-order valence-electron chi connectivity index (χ0n) is 6.26. The Kier molecular flexibility index (Phi) is 4.05. The molecule has 0 fully saturated rings. The van der Waals surface area contributed by atoms with Crippen molar-refractivity contribution in [3.63, 3.8) is 0 Å². The third kappa shape index (κ3) is 2.83. The van der Waals surface area contributed by atoms with Gasteiger partial charge in [-0.1, -0.05) is 5.92 Å².